The molecule has 1 amide bonds. The van der Waals surface area contributed by atoms with Gasteiger partial charge in [-0.1, -0.05) is 17.7 Å². The van der Waals surface area contributed by atoms with Crippen LogP contribution in [0.25, 0.3) is 11.3 Å². The molecule has 0 spiro atoms. The van der Waals surface area contributed by atoms with Crippen LogP contribution in [0.4, 0.5) is 28.5 Å². The number of aliphatic carboxylic acids is 1. The number of hydrogen-bond donors (Lipinski definition) is 2. The van der Waals surface area contributed by atoms with E-state index in [9.17, 15) is 32.3 Å². The lowest BCUT2D eigenvalue weighted by Gasteiger charge is -2.32. The number of alkyl halides is 3. The fourth-order valence-electron chi connectivity index (χ4n) is 3.73. The standard InChI is InChI=1S/C22H17ClF4N4O3S/c23-15-7-12(8-28-18(15)31-6-2-3-11(9-31)20(33)34)19(32)30-21-29-16(10-35-21)13-4-1-5-14(17(13)24)22(25,26)27/h1,4-5,7-8,10-11H,2-3,6,9H2,(H,33,34)(H,29,30,32)/t11-/m0/s1. The summed E-state index contributed by atoms with van der Waals surface area (Å²) in [6.45, 7) is 0.831. The predicted octanol–water partition coefficient (Wildman–Crippen LogP) is 5.57. The molecule has 1 aliphatic rings. The van der Waals surface area contributed by atoms with Gasteiger partial charge in [0.1, 0.15) is 11.6 Å². The van der Waals surface area contributed by atoms with Crippen LogP contribution in [0.15, 0.2) is 35.8 Å². The van der Waals surface area contributed by atoms with E-state index in [4.69, 9.17) is 11.6 Å². The van der Waals surface area contributed by atoms with Gasteiger partial charge in [0.15, 0.2) is 5.13 Å². The monoisotopic (exact) mass is 528 g/mol. The van der Waals surface area contributed by atoms with Crippen molar-refractivity contribution in [1.29, 1.82) is 0 Å². The zero-order valence-corrected chi connectivity index (χ0v) is 19.3. The lowest BCUT2D eigenvalue weighted by molar-refractivity contribution is -0.142. The van der Waals surface area contributed by atoms with Crippen molar-refractivity contribution in [3.8, 4) is 11.3 Å². The lowest BCUT2D eigenvalue weighted by atomic mass is 9.98. The quantitative estimate of drug-likeness (QED) is 0.420. The maximum Gasteiger partial charge on any atom is 0.419 e. The Morgan fingerprint density at radius 1 is 1.29 bits per heavy atom. The topological polar surface area (TPSA) is 95.4 Å². The molecule has 0 bridgehead atoms. The fraction of sp³-hybridized carbons (Fsp3) is 0.273. The zero-order chi connectivity index (χ0) is 25.3. The van der Waals surface area contributed by atoms with Gasteiger partial charge in [-0.2, -0.15) is 13.2 Å². The highest BCUT2D eigenvalue weighted by Gasteiger charge is 2.35. The zero-order valence-electron chi connectivity index (χ0n) is 17.8. The summed E-state index contributed by atoms with van der Waals surface area (Å²) in [5.74, 6) is -3.14. The van der Waals surface area contributed by atoms with Crippen molar-refractivity contribution in [3.63, 3.8) is 0 Å². The van der Waals surface area contributed by atoms with Crippen LogP contribution in [-0.4, -0.2) is 40.0 Å². The van der Waals surface area contributed by atoms with Crippen molar-refractivity contribution in [2.75, 3.05) is 23.3 Å². The second-order valence-corrected chi connectivity index (χ2v) is 9.08. The van der Waals surface area contributed by atoms with Crippen molar-refractivity contribution < 1.29 is 32.3 Å². The van der Waals surface area contributed by atoms with Crippen LogP contribution in [-0.2, 0) is 11.0 Å². The van der Waals surface area contributed by atoms with Crippen LogP contribution in [0.1, 0.15) is 28.8 Å². The summed E-state index contributed by atoms with van der Waals surface area (Å²) in [6, 6.07) is 4.27. The Morgan fingerprint density at radius 2 is 2.06 bits per heavy atom. The number of rotatable bonds is 5. The minimum absolute atomic E-state index is 0.0438. The molecule has 184 valence electrons. The minimum atomic E-state index is -4.85. The summed E-state index contributed by atoms with van der Waals surface area (Å²) in [5.41, 5.74) is -1.71. The van der Waals surface area contributed by atoms with Gasteiger partial charge in [-0.05, 0) is 31.0 Å². The SMILES string of the molecule is O=C(Nc1nc(-c2cccc(C(F)(F)F)c2F)cs1)c1cnc(N2CCC[C@H](C(=O)O)C2)c(Cl)c1. The van der Waals surface area contributed by atoms with E-state index >= 15 is 0 Å². The summed E-state index contributed by atoms with van der Waals surface area (Å²) in [5, 5.41) is 13.3. The van der Waals surface area contributed by atoms with Crippen LogP contribution in [0.2, 0.25) is 5.02 Å². The molecule has 0 aliphatic carbocycles. The third-order valence-electron chi connectivity index (χ3n) is 5.46. The molecule has 3 heterocycles. The number of nitrogens with one attached hydrogen (secondary N) is 1. The van der Waals surface area contributed by atoms with Crippen LogP contribution in [0.5, 0.6) is 0 Å². The van der Waals surface area contributed by atoms with Crippen molar-refractivity contribution in [2.45, 2.75) is 19.0 Å². The molecule has 2 aromatic heterocycles. The number of pyridine rings is 1. The first-order valence-corrected chi connectivity index (χ1v) is 11.6. The highest BCUT2D eigenvalue weighted by atomic mass is 35.5. The predicted molar refractivity (Wildman–Crippen MR) is 122 cm³/mol. The average Bonchev–Trinajstić information content (AvgIpc) is 3.26. The van der Waals surface area contributed by atoms with Gasteiger partial charge in [0.05, 0.1) is 27.8 Å². The number of amides is 1. The van der Waals surface area contributed by atoms with Crippen LogP contribution in [0, 0.1) is 11.7 Å². The number of thiazole rings is 1. The summed E-state index contributed by atoms with van der Waals surface area (Å²) in [7, 11) is 0. The molecule has 1 fully saturated rings. The molecule has 13 heteroatoms. The van der Waals surface area contributed by atoms with E-state index in [1.54, 1.807) is 4.90 Å². The normalized spacial score (nSPS) is 16.3. The molecular formula is C22H17ClF4N4O3S. The number of carbonyl (C=O) groups is 2. The first kappa shape index (κ1) is 24.9. The number of aromatic nitrogens is 2. The molecule has 7 nitrogen and oxygen atoms in total. The molecule has 0 unspecified atom stereocenters. The average molecular weight is 529 g/mol. The number of anilines is 2. The van der Waals surface area contributed by atoms with Gasteiger partial charge in [-0.15, -0.1) is 11.3 Å². The summed E-state index contributed by atoms with van der Waals surface area (Å²) in [6.07, 6.45) is -2.35. The molecule has 35 heavy (non-hydrogen) atoms. The van der Waals surface area contributed by atoms with Gasteiger partial charge in [0.2, 0.25) is 0 Å². The first-order valence-electron chi connectivity index (χ1n) is 10.3. The maximum absolute atomic E-state index is 14.4. The molecule has 0 radical (unpaired) electrons. The number of nitrogens with zero attached hydrogens (tertiary/aromatic N) is 3. The molecule has 2 N–H and O–H groups in total. The Labute approximate surface area is 205 Å². The fourth-order valence-corrected chi connectivity index (χ4v) is 4.72. The van der Waals surface area contributed by atoms with E-state index in [2.05, 4.69) is 15.3 Å². The highest BCUT2D eigenvalue weighted by molar-refractivity contribution is 7.14. The molecule has 4 rings (SSSR count). The summed E-state index contributed by atoms with van der Waals surface area (Å²) >= 11 is 7.23. The van der Waals surface area contributed by atoms with E-state index in [1.807, 2.05) is 0 Å². The van der Waals surface area contributed by atoms with Crippen molar-refractivity contribution >= 4 is 45.8 Å². The van der Waals surface area contributed by atoms with E-state index < -0.39 is 35.4 Å². The lowest BCUT2D eigenvalue weighted by Crippen LogP contribution is -2.39. The van der Waals surface area contributed by atoms with Crippen molar-refractivity contribution in [2.24, 2.45) is 5.92 Å². The van der Waals surface area contributed by atoms with Crippen LogP contribution >= 0.6 is 22.9 Å². The number of carboxylic acid groups (broad SMARTS) is 1. The van der Waals surface area contributed by atoms with Gasteiger partial charge in [-0.3, -0.25) is 14.9 Å². The van der Waals surface area contributed by atoms with Gasteiger partial charge in [-0.25, -0.2) is 14.4 Å². The molecule has 0 saturated carbocycles. The van der Waals surface area contributed by atoms with Gasteiger partial charge in [0, 0.05) is 30.2 Å². The highest BCUT2D eigenvalue weighted by Crippen LogP contribution is 2.36. The molecule has 1 aliphatic heterocycles. The Kier molecular flexibility index (Phi) is 6.95. The molecule has 3 aromatic rings. The number of piperidine rings is 1. The Balaban J connectivity index is 1.49. The third-order valence-corrected chi connectivity index (χ3v) is 6.49. The molecular weight excluding hydrogens is 512 g/mol. The van der Waals surface area contributed by atoms with Gasteiger partial charge in [0.25, 0.3) is 5.91 Å². The largest absolute Gasteiger partial charge is 0.481 e. The number of hydrogen-bond acceptors (Lipinski definition) is 6. The van der Waals surface area contributed by atoms with E-state index in [0.717, 1.165) is 17.4 Å². The maximum atomic E-state index is 14.4. The number of carbonyl (C=O) groups excluding carboxylic acids is 1. The minimum Gasteiger partial charge on any atom is -0.481 e. The molecule has 1 saturated heterocycles. The number of halogens is 5. The van der Waals surface area contributed by atoms with Gasteiger partial charge >= 0.3 is 12.1 Å². The second-order valence-electron chi connectivity index (χ2n) is 7.81. The summed E-state index contributed by atoms with van der Waals surface area (Å²) < 4.78 is 53.3. The van der Waals surface area contributed by atoms with E-state index in [0.29, 0.717) is 31.3 Å². The Hall–Kier alpha value is -3.25. The van der Waals surface area contributed by atoms with E-state index in [-0.39, 0.29) is 33.5 Å². The third kappa shape index (κ3) is 5.38. The van der Waals surface area contributed by atoms with Gasteiger partial charge < -0.3 is 10.0 Å². The Morgan fingerprint density at radius 3 is 2.74 bits per heavy atom. The number of benzene rings is 1. The smallest absolute Gasteiger partial charge is 0.419 e. The first-order chi connectivity index (χ1) is 16.5. The van der Waals surface area contributed by atoms with Crippen LogP contribution < -0.4 is 10.2 Å². The molecule has 1 aromatic carbocycles. The van der Waals surface area contributed by atoms with Crippen molar-refractivity contribution in [1.82, 2.24) is 9.97 Å². The molecule has 1 atom stereocenters. The van der Waals surface area contributed by atoms with E-state index in [1.165, 1.54) is 23.7 Å². The van der Waals surface area contributed by atoms with Crippen molar-refractivity contribution in [3.05, 3.63) is 57.8 Å². The second kappa shape index (κ2) is 9.78. The number of carboxylic acids is 1. The Bertz CT molecular complexity index is 1280. The summed E-state index contributed by atoms with van der Waals surface area (Å²) in [4.78, 5) is 33.9. The van der Waals surface area contributed by atoms with Crippen LogP contribution in [0.3, 0.4) is 0 Å².